The molecule has 3 aromatic carbocycles. The van der Waals surface area contributed by atoms with Gasteiger partial charge in [0.1, 0.15) is 5.75 Å². The van der Waals surface area contributed by atoms with Gasteiger partial charge in [0.2, 0.25) is 0 Å². The van der Waals surface area contributed by atoms with Crippen LogP contribution < -0.4 is 4.74 Å². The zero-order chi connectivity index (χ0) is 20.3. The highest BCUT2D eigenvalue weighted by Gasteiger charge is 2.54. The number of benzene rings is 3. The summed E-state index contributed by atoms with van der Waals surface area (Å²) in [6.07, 6.45) is 4.26. The van der Waals surface area contributed by atoms with Crippen LogP contribution in [0.2, 0.25) is 0 Å². The van der Waals surface area contributed by atoms with Crippen LogP contribution in [0.1, 0.15) is 17.5 Å². The fraction of sp³-hybridized carbons (Fsp3) is 0.125. The SMILES string of the molecule is O=C(/C=C/C1CC1(c1ccccc1)c1ccccc1)Oc1ccc([N+](=O)[O-])cc1. The molecule has 5 nitrogen and oxygen atoms in total. The predicted octanol–water partition coefficient (Wildman–Crippen LogP) is 5.06. The summed E-state index contributed by atoms with van der Waals surface area (Å²) in [5.41, 5.74) is 2.27. The van der Waals surface area contributed by atoms with E-state index in [4.69, 9.17) is 4.74 Å². The van der Waals surface area contributed by atoms with E-state index in [1.54, 1.807) is 0 Å². The normalized spacial score (nSPS) is 17.0. The summed E-state index contributed by atoms with van der Waals surface area (Å²) in [4.78, 5) is 22.4. The smallest absolute Gasteiger partial charge is 0.335 e. The minimum absolute atomic E-state index is 0.0474. The van der Waals surface area contributed by atoms with Crippen molar-refractivity contribution in [1.29, 1.82) is 0 Å². The van der Waals surface area contributed by atoms with Crippen molar-refractivity contribution in [1.82, 2.24) is 0 Å². The highest BCUT2D eigenvalue weighted by Crippen LogP contribution is 2.59. The Morgan fingerprint density at radius 3 is 2.00 bits per heavy atom. The van der Waals surface area contributed by atoms with E-state index in [1.165, 1.54) is 41.5 Å². The van der Waals surface area contributed by atoms with Gasteiger partial charge in [0.25, 0.3) is 5.69 Å². The number of hydrogen-bond acceptors (Lipinski definition) is 4. The molecule has 1 saturated carbocycles. The standard InChI is InChI=1S/C24H19NO4/c26-23(29-22-14-12-21(13-15-22)25(27)28)16-11-20-17-24(20,18-7-3-1-4-8-18)19-9-5-2-6-10-19/h1-16,20H,17H2/b16-11+. The first-order valence-corrected chi connectivity index (χ1v) is 9.35. The van der Waals surface area contributed by atoms with Crippen molar-refractivity contribution in [3.05, 3.63) is 118 Å². The van der Waals surface area contributed by atoms with E-state index in [-0.39, 0.29) is 22.8 Å². The first-order valence-electron chi connectivity index (χ1n) is 9.35. The second kappa shape index (κ2) is 7.72. The van der Waals surface area contributed by atoms with Crippen molar-refractivity contribution in [3.8, 4) is 5.75 Å². The first kappa shape index (κ1) is 18.6. The lowest BCUT2D eigenvalue weighted by molar-refractivity contribution is -0.384. The van der Waals surface area contributed by atoms with Gasteiger partial charge in [-0.05, 0) is 35.6 Å². The molecule has 1 aliphatic carbocycles. The van der Waals surface area contributed by atoms with E-state index < -0.39 is 10.9 Å². The van der Waals surface area contributed by atoms with Crippen molar-refractivity contribution < 1.29 is 14.5 Å². The van der Waals surface area contributed by atoms with E-state index in [0.29, 0.717) is 0 Å². The number of nitrogens with zero attached hydrogens (tertiary/aromatic N) is 1. The molecular weight excluding hydrogens is 366 g/mol. The van der Waals surface area contributed by atoms with Gasteiger partial charge in [-0.1, -0.05) is 66.7 Å². The molecule has 3 aromatic rings. The van der Waals surface area contributed by atoms with Gasteiger partial charge in [-0.2, -0.15) is 0 Å². The summed E-state index contributed by atoms with van der Waals surface area (Å²) in [5.74, 6) is -0.0316. The Balaban J connectivity index is 1.49. The van der Waals surface area contributed by atoms with Crippen molar-refractivity contribution in [2.75, 3.05) is 0 Å². The molecule has 0 spiro atoms. The molecule has 0 N–H and O–H groups in total. The molecule has 144 valence electrons. The van der Waals surface area contributed by atoms with Crippen LogP contribution in [0.15, 0.2) is 97.1 Å². The lowest BCUT2D eigenvalue weighted by Gasteiger charge is -2.18. The van der Waals surface area contributed by atoms with Crippen LogP contribution in [0.3, 0.4) is 0 Å². The Morgan fingerprint density at radius 2 is 1.48 bits per heavy atom. The number of nitro benzene ring substituents is 1. The molecule has 0 radical (unpaired) electrons. The summed E-state index contributed by atoms with van der Waals surface area (Å²) in [7, 11) is 0. The molecule has 4 rings (SSSR count). The molecule has 0 bridgehead atoms. The highest BCUT2D eigenvalue weighted by molar-refractivity contribution is 5.84. The fourth-order valence-corrected chi connectivity index (χ4v) is 3.80. The van der Waals surface area contributed by atoms with Crippen molar-refractivity contribution in [2.24, 2.45) is 5.92 Å². The van der Waals surface area contributed by atoms with Gasteiger partial charge in [0.15, 0.2) is 0 Å². The second-order valence-corrected chi connectivity index (χ2v) is 7.05. The summed E-state index contributed by atoms with van der Waals surface area (Å²) in [6.45, 7) is 0. The average molecular weight is 385 g/mol. The Bertz CT molecular complexity index is 1000. The zero-order valence-corrected chi connectivity index (χ0v) is 15.6. The fourth-order valence-electron chi connectivity index (χ4n) is 3.80. The van der Waals surface area contributed by atoms with Gasteiger partial charge in [-0.3, -0.25) is 10.1 Å². The third kappa shape index (κ3) is 3.80. The lowest BCUT2D eigenvalue weighted by Crippen LogP contribution is -2.12. The molecule has 0 saturated heterocycles. The molecule has 29 heavy (non-hydrogen) atoms. The number of rotatable bonds is 6. The minimum atomic E-state index is -0.499. The van der Waals surface area contributed by atoms with Crippen LogP contribution in [0.5, 0.6) is 5.75 Å². The van der Waals surface area contributed by atoms with Crippen LogP contribution in [-0.4, -0.2) is 10.9 Å². The van der Waals surface area contributed by atoms with E-state index in [0.717, 1.165) is 6.42 Å². The number of carbonyl (C=O) groups excluding carboxylic acids is 1. The van der Waals surface area contributed by atoms with Crippen molar-refractivity contribution in [2.45, 2.75) is 11.8 Å². The molecule has 1 unspecified atom stereocenters. The quantitative estimate of drug-likeness (QED) is 0.195. The predicted molar refractivity (Wildman–Crippen MR) is 110 cm³/mol. The van der Waals surface area contributed by atoms with E-state index in [9.17, 15) is 14.9 Å². The van der Waals surface area contributed by atoms with E-state index in [1.807, 2.05) is 42.5 Å². The number of allylic oxidation sites excluding steroid dienone is 1. The molecule has 0 heterocycles. The number of nitro groups is 1. The third-order valence-electron chi connectivity index (χ3n) is 5.32. The maximum atomic E-state index is 12.2. The van der Waals surface area contributed by atoms with E-state index >= 15 is 0 Å². The largest absolute Gasteiger partial charge is 0.423 e. The van der Waals surface area contributed by atoms with Crippen LogP contribution in [0.25, 0.3) is 0 Å². The topological polar surface area (TPSA) is 69.4 Å². The van der Waals surface area contributed by atoms with Crippen molar-refractivity contribution >= 4 is 11.7 Å². The molecule has 1 aliphatic rings. The Morgan fingerprint density at radius 1 is 0.931 bits per heavy atom. The van der Waals surface area contributed by atoms with Crippen LogP contribution in [-0.2, 0) is 10.2 Å². The maximum Gasteiger partial charge on any atom is 0.335 e. The van der Waals surface area contributed by atoms with Crippen LogP contribution >= 0.6 is 0 Å². The third-order valence-corrected chi connectivity index (χ3v) is 5.32. The van der Waals surface area contributed by atoms with Gasteiger partial charge in [-0.15, -0.1) is 0 Å². The average Bonchev–Trinajstić information content (AvgIpc) is 3.50. The monoisotopic (exact) mass is 385 g/mol. The molecule has 1 fully saturated rings. The molecular formula is C24H19NO4. The summed E-state index contributed by atoms with van der Waals surface area (Å²) in [5, 5.41) is 10.7. The van der Waals surface area contributed by atoms with Gasteiger partial charge in [-0.25, -0.2) is 4.79 Å². The number of hydrogen-bond donors (Lipinski definition) is 0. The molecule has 5 heteroatoms. The van der Waals surface area contributed by atoms with Crippen LogP contribution in [0, 0.1) is 16.0 Å². The number of esters is 1. The Hall–Kier alpha value is -3.73. The van der Waals surface area contributed by atoms with Crippen LogP contribution in [0.4, 0.5) is 5.69 Å². The highest BCUT2D eigenvalue weighted by atomic mass is 16.6. The second-order valence-electron chi connectivity index (χ2n) is 7.05. The molecule has 0 aliphatic heterocycles. The summed E-state index contributed by atoms with van der Waals surface area (Å²) < 4.78 is 5.26. The van der Waals surface area contributed by atoms with Gasteiger partial charge in [0, 0.05) is 23.6 Å². The number of carbonyl (C=O) groups is 1. The summed E-state index contributed by atoms with van der Waals surface area (Å²) in [6, 6.07) is 26.0. The van der Waals surface area contributed by atoms with Gasteiger partial charge >= 0.3 is 5.97 Å². The molecule has 0 aromatic heterocycles. The minimum Gasteiger partial charge on any atom is -0.423 e. The number of ether oxygens (including phenoxy) is 1. The lowest BCUT2D eigenvalue weighted by atomic mass is 9.85. The number of non-ortho nitro benzene ring substituents is 1. The summed E-state index contributed by atoms with van der Waals surface area (Å²) >= 11 is 0. The van der Waals surface area contributed by atoms with E-state index in [2.05, 4.69) is 24.3 Å². The van der Waals surface area contributed by atoms with Gasteiger partial charge in [0.05, 0.1) is 4.92 Å². The molecule has 0 amide bonds. The Kier molecular flexibility index (Phi) is 4.96. The Labute approximate surface area is 168 Å². The van der Waals surface area contributed by atoms with Crippen molar-refractivity contribution in [3.63, 3.8) is 0 Å². The maximum absolute atomic E-state index is 12.2. The first-order chi connectivity index (χ1) is 14.1. The van der Waals surface area contributed by atoms with Gasteiger partial charge < -0.3 is 4.74 Å². The zero-order valence-electron chi connectivity index (χ0n) is 15.6. The molecule has 1 atom stereocenters.